The maximum atomic E-state index is 13.5. The van der Waals surface area contributed by atoms with Gasteiger partial charge in [0, 0.05) is 17.3 Å². The largest absolute Gasteiger partial charge is 0.394 e. The standard InChI is InChI=1S/C17H19F2N3O2/c1-2-10(9-23)20-17(24)16-12-4-3-5-15(12)22(21-16)11-6-7-13(18)14(19)8-11/h6-8,10,23H,2-5,9H2,1H3,(H,20,24). The number of aromatic nitrogens is 2. The molecule has 0 radical (unpaired) electrons. The average Bonchev–Trinajstić information content (AvgIpc) is 3.17. The van der Waals surface area contributed by atoms with Crippen LogP contribution in [-0.4, -0.2) is 33.4 Å². The molecule has 1 atom stereocenters. The van der Waals surface area contributed by atoms with Gasteiger partial charge in [-0.1, -0.05) is 6.92 Å². The number of halogens is 2. The van der Waals surface area contributed by atoms with Crippen LogP contribution < -0.4 is 5.32 Å². The lowest BCUT2D eigenvalue weighted by Gasteiger charge is -2.13. The monoisotopic (exact) mass is 335 g/mol. The number of carbonyl (C=O) groups is 1. The Morgan fingerprint density at radius 2 is 2.17 bits per heavy atom. The normalized spacial score (nSPS) is 14.5. The van der Waals surface area contributed by atoms with Gasteiger partial charge in [0.15, 0.2) is 17.3 Å². The van der Waals surface area contributed by atoms with Crippen LogP contribution in [0.5, 0.6) is 0 Å². The van der Waals surface area contributed by atoms with Crippen LogP contribution in [0.15, 0.2) is 18.2 Å². The maximum Gasteiger partial charge on any atom is 0.272 e. The Bertz CT molecular complexity index is 769. The van der Waals surface area contributed by atoms with E-state index >= 15 is 0 Å². The van der Waals surface area contributed by atoms with Gasteiger partial charge >= 0.3 is 0 Å². The van der Waals surface area contributed by atoms with Gasteiger partial charge in [0.05, 0.1) is 18.3 Å². The lowest BCUT2D eigenvalue weighted by molar-refractivity contribution is 0.0908. The second kappa shape index (κ2) is 6.68. The average molecular weight is 335 g/mol. The molecule has 3 rings (SSSR count). The van der Waals surface area contributed by atoms with Crippen molar-refractivity contribution in [3.05, 3.63) is 46.8 Å². The summed E-state index contributed by atoms with van der Waals surface area (Å²) in [6.45, 7) is 1.72. The number of rotatable bonds is 5. The van der Waals surface area contributed by atoms with Gasteiger partial charge in [0.1, 0.15) is 0 Å². The second-order valence-corrected chi connectivity index (χ2v) is 5.90. The summed E-state index contributed by atoms with van der Waals surface area (Å²) >= 11 is 0. The van der Waals surface area contributed by atoms with Crippen molar-refractivity contribution in [3.63, 3.8) is 0 Å². The fourth-order valence-corrected chi connectivity index (χ4v) is 2.98. The molecule has 1 aromatic heterocycles. The van der Waals surface area contributed by atoms with Gasteiger partial charge in [-0.15, -0.1) is 0 Å². The molecule has 1 aromatic carbocycles. The Morgan fingerprint density at radius 3 is 2.83 bits per heavy atom. The van der Waals surface area contributed by atoms with Crippen LogP contribution in [0.2, 0.25) is 0 Å². The first-order valence-electron chi connectivity index (χ1n) is 8.03. The molecule has 0 fully saturated rings. The first-order chi connectivity index (χ1) is 11.5. The van der Waals surface area contributed by atoms with E-state index in [4.69, 9.17) is 0 Å². The molecule has 24 heavy (non-hydrogen) atoms. The van der Waals surface area contributed by atoms with E-state index in [1.807, 2.05) is 6.92 Å². The summed E-state index contributed by atoms with van der Waals surface area (Å²) in [4.78, 5) is 12.5. The van der Waals surface area contributed by atoms with Gasteiger partial charge in [-0.05, 0) is 37.8 Å². The minimum atomic E-state index is -0.952. The van der Waals surface area contributed by atoms with E-state index in [-0.39, 0.29) is 18.6 Å². The van der Waals surface area contributed by atoms with Crippen molar-refractivity contribution in [2.24, 2.45) is 0 Å². The van der Waals surface area contributed by atoms with Gasteiger partial charge in [-0.25, -0.2) is 13.5 Å². The minimum absolute atomic E-state index is 0.145. The summed E-state index contributed by atoms with van der Waals surface area (Å²) in [5.74, 6) is -2.23. The number of amides is 1. The Kier molecular flexibility index (Phi) is 4.62. The molecular weight excluding hydrogens is 316 g/mol. The third kappa shape index (κ3) is 2.91. The number of aliphatic hydroxyl groups excluding tert-OH is 1. The minimum Gasteiger partial charge on any atom is -0.394 e. The molecule has 7 heteroatoms. The zero-order valence-electron chi connectivity index (χ0n) is 13.4. The van der Waals surface area contributed by atoms with Crippen molar-refractivity contribution in [1.82, 2.24) is 15.1 Å². The molecule has 0 saturated carbocycles. The van der Waals surface area contributed by atoms with E-state index < -0.39 is 11.6 Å². The van der Waals surface area contributed by atoms with E-state index in [0.29, 0.717) is 17.8 Å². The molecule has 1 amide bonds. The van der Waals surface area contributed by atoms with Crippen molar-refractivity contribution in [1.29, 1.82) is 0 Å². The van der Waals surface area contributed by atoms with E-state index in [2.05, 4.69) is 10.4 Å². The molecule has 0 aliphatic heterocycles. The summed E-state index contributed by atoms with van der Waals surface area (Å²) < 4.78 is 28.2. The van der Waals surface area contributed by atoms with Crippen LogP contribution in [0.1, 0.15) is 41.5 Å². The fourth-order valence-electron chi connectivity index (χ4n) is 2.98. The summed E-state index contributed by atoms with van der Waals surface area (Å²) in [5.41, 5.74) is 2.37. The molecule has 1 aliphatic rings. The first kappa shape index (κ1) is 16.6. The Balaban J connectivity index is 1.98. The number of carbonyl (C=O) groups excluding carboxylic acids is 1. The Labute approximate surface area is 138 Å². The van der Waals surface area contributed by atoms with Crippen molar-refractivity contribution < 1.29 is 18.7 Å². The van der Waals surface area contributed by atoms with Crippen LogP contribution in [0.25, 0.3) is 5.69 Å². The first-order valence-corrected chi connectivity index (χ1v) is 8.03. The molecule has 2 aromatic rings. The van der Waals surface area contributed by atoms with Crippen molar-refractivity contribution in [2.75, 3.05) is 6.61 Å². The lowest BCUT2D eigenvalue weighted by atomic mass is 10.1. The van der Waals surface area contributed by atoms with Crippen molar-refractivity contribution in [3.8, 4) is 5.69 Å². The van der Waals surface area contributed by atoms with Crippen LogP contribution in [0, 0.1) is 11.6 Å². The third-order valence-electron chi connectivity index (χ3n) is 4.34. The number of hydrogen-bond acceptors (Lipinski definition) is 3. The molecule has 1 unspecified atom stereocenters. The SMILES string of the molecule is CCC(CO)NC(=O)c1nn(-c2ccc(F)c(F)c2)c2c1CCC2. The number of fused-ring (bicyclic) bond motifs is 1. The van der Waals surface area contributed by atoms with Crippen LogP contribution in [0.3, 0.4) is 0 Å². The highest BCUT2D eigenvalue weighted by Gasteiger charge is 2.28. The fraction of sp³-hybridized carbons (Fsp3) is 0.412. The number of aliphatic hydroxyl groups is 1. The molecule has 0 spiro atoms. The Hall–Kier alpha value is -2.28. The van der Waals surface area contributed by atoms with Gasteiger partial charge in [-0.3, -0.25) is 4.79 Å². The quantitative estimate of drug-likeness (QED) is 0.880. The van der Waals surface area contributed by atoms with Gasteiger partial charge < -0.3 is 10.4 Å². The van der Waals surface area contributed by atoms with Crippen molar-refractivity contribution in [2.45, 2.75) is 38.6 Å². The van der Waals surface area contributed by atoms with E-state index in [1.165, 1.54) is 10.7 Å². The highest BCUT2D eigenvalue weighted by Crippen LogP contribution is 2.28. The maximum absolute atomic E-state index is 13.5. The highest BCUT2D eigenvalue weighted by molar-refractivity contribution is 5.94. The zero-order chi connectivity index (χ0) is 17.3. The lowest BCUT2D eigenvalue weighted by Crippen LogP contribution is -2.37. The molecule has 0 bridgehead atoms. The summed E-state index contributed by atoms with van der Waals surface area (Å²) in [7, 11) is 0. The third-order valence-corrected chi connectivity index (χ3v) is 4.34. The molecular formula is C17H19F2N3O2. The van der Waals surface area contributed by atoms with Gasteiger partial charge in [-0.2, -0.15) is 5.10 Å². The number of nitrogens with one attached hydrogen (secondary N) is 1. The smallest absolute Gasteiger partial charge is 0.272 e. The topological polar surface area (TPSA) is 67.2 Å². The molecule has 1 heterocycles. The zero-order valence-corrected chi connectivity index (χ0v) is 13.4. The highest BCUT2D eigenvalue weighted by atomic mass is 19.2. The van der Waals surface area contributed by atoms with Crippen molar-refractivity contribution >= 4 is 5.91 Å². The predicted molar refractivity (Wildman–Crippen MR) is 84.1 cm³/mol. The summed E-state index contributed by atoms with van der Waals surface area (Å²) in [6.07, 6.45) is 2.94. The Morgan fingerprint density at radius 1 is 1.38 bits per heavy atom. The molecule has 5 nitrogen and oxygen atoms in total. The van der Waals surface area contributed by atoms with Gasteiger partial charge in [0.25, 0.3) is 5.91 Å². The molecule has 0 saturated heterocycles. The predicted octanol–water partition coefficient (Wildman–Crippen LogP) is 2.14. The van der Waals surface area contributed by atoms with Crippen LogP contribution >= 0.6 is 0 Å². The van der Waals surface area contributed by atoms with E-state index in [1.54, 1.807) is 0 Å². The molecule has 2 N–H and O–H groups in total. The van der Waals surface area contributed by atoms with E-state index in [9.17, 15) is 18.7 Å². The van der Waals surface area contributed by atoms with Gasteiger partial charge in [0.2, 0.25) is 0 Å². The van der Waals surface area contributed by atoms with Crippen LogP contribution in [-0.2, 0) is 12.8 Å². The molecule has 1 aliphatic carbocycles. The second-order valence-electron chi connectivity index (χ2n) is 5.90. The molecule has 128 valence electrons. The van der Waals surface area contributed by atoms with Crippen LogP contribution in [0.4, 0.5) is 8.78 Å². The summed E-state index contributed by atoms with van der Waals surface area (Å²) in [5, 5.41) is 16.3. The number of benzene rings is 1. The summed E-state index contributed by atoms with van der Waals surface area (Å²) in [6, 6.07) is 3.23. The van der Waals surface area contributed by atoms with E-state index in [0.717, 1.165) is 42.7 Å². The number of hydrogen-bond donors (Lipinski definition) is 2. The number of nitrogens with zero attached hydrogens (tertiary/aromatic N) is 2.